The van der Waals surface area contributed by atoms with Crippen molar-refractivity contribution in [2.45, 2.75) is 20.8 Å². The Balaban J connectivity index is 0.000000280. The Labute approximate surface area is 113 Å². The van der Waals surface area contributed by atoms with Crippen molar-refractivity contribution in [3.63, 3.8) is 0 Å². The number of aryl methyl sites for hydroxylation is 2. The zero-order valence-electron chi connectivity index (χ0n) is 11.1. The SMILES string of the molecule is CCNC=O.Cc1ccc(-c2ccc(C)s2)cc1. The van der Waals surface area contributed by atoms with Gasteiger partial charge < -0.3 is 5.32 Å². The summed E-state index contributed by atoms with van der Waals surface area (Å²) in [5, 5.41) is 2.43. The predicted octanol–water partition coefficient (Wildman–Crippen LogP) is 3.78. The Bertz CT molecular complexity index is 473. The lowest BCUT2D eigenvalue weighted by Crippen LogP contribution is -2.07. The Hall–Kier alpha value is -1.61. The molecular formula is C15H19NOS. The molecule has 0 saturated carbocycles. The van der Waals surface area contributed by atoms with Crippen LogP contribution in [0.3, 0.4) is 0 Å². The first-order chi connectivity index (χ1) is 8.67. The number of carbonyl (C=O) groups is 1. The summed E-state index contributed by atoms with van der Waals surface area (Å²) in [4.78, 5) is 12.0. The molecule has 0 atom stereocenters. The van der Waals surface area contributed by atoms with Gasteiger partial charge in [0.2, 0.25) is 6.41 Å². The Kier molecular flexibility index (Phi) is 6.15. The molecular weight excluding hydrogens is 242 g/mol. The van der Waals surface area contributed by atoms with Crippen LogP contribution in [0.15, 0.2) is 36.4 Å². The van der Waals surface area contributed by atoms with Gasteiger partial charge in [-0.05, 0) is 38.5 Å². The van der Waals surface area contributed by atoms with Crippen molar-refractivity contribution in [1.82, 2.24) is 5.32 Å². The number of hydrogen-bond acceptors (Lipinski definition) is 2. The largest absolute Gasteiger partial charge is 0.359 e. The van der Waals surface area contributed by atoms with E-state index < -0.39 is 0 Å². The molecule has 1 aromatic carbocycles. The molecule has 0 bridgehead atoms. The Morgan fingerprint density at radius 2 is 1.78 bits per heavy atom. The van der Waals surface area contributed by atoms with Crippen LogP contribution < -0.4 is 5.32 Å². The third-order valence-electron chi connectivity index (χ3n) is 2.36. The highest BCUT2D eigenvalue weighted by atomic mass is 32.1. The fraction of sp³-hybridized carbons (Fsp3) is 0.267. The van der Waals surface area contributed by atoms with Crippen LogP contribution in [-0.4, -0.2) is 13.0 Å². The van der Waals surface area contributed by atoms with Crippen LogP contribution in [0.25, 0.3) is 10.4 Å². The van der Waals surface area contributed by atoms with Crippen LogP contribution in [0.5, 0.6) is 0 Å². The molecule has 1 amide bonds. The van der Waals surface area contributed by atoms with Gasteiger partial charge in [0.15, 0.2) is 0 Å². The first kappa shape index (κ1) is 14.5. The minimum atomic E-state index is 0.681. The normalized spacial score (nSPS) is 9.28. The maximum absolute atomic E-state index is 9.29. The summed E-state index contributed by atoms with van der Waals surface area (Å²) < 4.78 is 0. The van der Waals surface area contributed by atoms with Crippen LogP contribution >= 0.6 is 11.3 Å². The number of hydrogen-bond donors (Lipinski definition) is 1. The van der Waals surface area contributed by atoms with Crippen molar-refractivity contribution in [1.29, 1.82) is 0 Å². The second-order valence-corrected chi connectivity index (χ2v) is 5.24. The fourth-order valence-electron chi connectivity index (χ4n) is 1.39. The van der Waals surface area contributed by atoms with E-state index in [0.29, 0.717) is 6.41 Å². The highest BCUT2D eigenvalue weighted by molar-refractivity contribution is 7.15. The van der Waals surface area contributed by atoms with E-state index in [1.807, 2.05) is 18.3 Å². The van der Waals surface area contributed by atoms with Crippen molar-refractivity contribution < 1.29 is 4.79 Å². The van der Waals surface area contributed by atoms with E-state index in [1.54, 1.807) is 0 Å². The van der Waals surface area contributed by atoms with E-state index in [0.717, 1.165) is 6.54 Å². The molecule has 1 N–H and O–H groups in total. The number of thiophene rings is 1. The van der Waals surface area contributed by atoms with E-state index in [2.05, 4.69) is 55.6 Å². The molecule has 0 radical (unpaired) electrons. The second kappa shape index (κ2) is 7.67. The molecule has 0 unspecified atom stereocenters. The molecule has 2 rings (SSSR count). The van der Waals surface area contributed by atoms with E-state index in [9.17, 15) is 4.79 Å². The zero-order valence-corrected chi connectivity index (χ0v) is 11.9. The maximum atomic E-state index is 9.29. The van der Waals surface area contributed by atoms with Crippen molar-refractivity contribution in [2.24, 2.45) is 0 Å². The van der Waals surface area contributed by atoms with Crippen LogP contribution in [0.1, 0.15) is 17.4 Å². The van der Waals surface area contributed by atoms with Gasteiger partial charge in [0, 0.05) is 16.3 Å². The van der Waals surface area contributed by atoms with Gasteiger partial charge in [0.05, 0.1) is 0 Å². The summed E-state index contributed by atoms with van der Waals surface area (Å²) in [6.45, 7) is 6.85. The van der Waals surface area contributed by atoms with Gasteiger partial charge >= 0.3 is 0 Å². The lowest BCUT2D eigenvalue weighted by atomic mass is 10.1. The predicted molar refractivity (Wildman–Crippen MR) is 79.0 cm³/mol. The number of benzene rings is 1. The molecule has 0 saturated heterocycles. The summed E-state index contributed by atoms with van der Waals surface area (Å²) in [6.07, 6.45) is 0.681. The summed E-state index contributed by atoms with van der Waals surface area (Å²) in [5.41, 5.74) is 2.64. The molecule has 0 aliphatic rings. The van der Waals surface area contributed by atoms with Crippen LogP contribution in [-0.2, 0) is 4.79 Å². The third-order valence-corrected chi connectivity index (χ3v) is 3.41. The summed E-state index contributed by atoms with van der Waals surface area (Å²) >= 11 is 1.85. The van der Waals surface area contributed by atoms with E-state index in [-0.39, 0.29) is 0 Å². The average molecular weight is 261 g/mol. The maximum Gasteiger partial charge on any atom is 0.207 e. The van der Waals surface area contributed by atoms with E-state index >= 15 is 0 Å². The lowest BCUT2D eigenvalue weighted by molar-refractivity contribution is -0.109. The molecule has 3 heteroatoms. The van der Waals surface area contributed by atoms with Crippen molar-refractivity contribution in [3.05, 3.63) is 46.8 Å². The minimum Gasteiger partial charge on any atom is -0.359 e. The van der Waals surface area contributed by atoms with Gasteiger partial charge in [-0.1, -0.05) is 29.8 Å². The van der Waals surface area contributed by atoms with Crippen LogP contribution in [0.4, 0.5) is 0 Å². The zero-order chi connectivity index (χ0) is 13.4. The number of carbonyl (C=O) groups excluding carboxylic acids is 1. The van der Waals surface area contributed by atoms with Gasteiger partial charge in [-0.2, -0.15) is 0 Å². The van der Waals surface area contributed by atoms with Crippen molar-refractivity contribution >= 4 is 17.7 Å². The third kappa shape index (κ3) is 4.72. The molecule has 0 fully saturated rings. The molecule has 1 heterocycles. The van der Waals surface area contributed by atoms with Gasteiger partial charge in [0.25, 0.3) is 0 Å². The summed E-state index contributed by atoms with van der Waals surface area (Å²) in [5.74, 6) is 0. The number of nitrogens with one attached hydrogen (secondary N) is 1. The number of rotatable bonds is 3. The molecule has 1 aromatic heterocycles. The van der Waals surface area contributed by atoms with Gasteiger partial charge in [-0.3, -0.25) is 4.79 Å². The lowest BCUT2D eigenvalue weighted by Gasteiger charge is -1.97. The smallest absolute Gasteiger partial charge is 0.207 e. The molecule has 2 aromatic rings. The fourth-order valence-corrected chi connectivity index (χ4v) is 2.26. The highest BCUT2D eigenvalue weighted by Crippen LogP contribution is 2.27. The molecule has 96 valence electrons. The van der Waals surface area contributed by atoms with Gasteiger partial charge in [-0.15, -0.1) is 11.3 Å². The highest BCUT2D eigenvalue weighted by Gasteiger charge is 1.98. The van der Waals surface area contributed by atoms with E-state index in [4.69, 9.17) is 0 Å². The first-order valence-corrected chi connectivity index (χ1v) is 6.79. The minimum absolute atomic E-state index is 0.681. The second-order valence-electron chi connectivity index (χ2n) is 3.95. The summed E-state index contributed by atoms with van der Waals surface area (Å²) in [6, 6.07) is 13.0. The van der Waals surface area contributed by atoms with Gasteiger partial charge in [0.1, 0.15) is 0 Å². The first-order valence-electron chi connectivity index (χ1n) is 5.98. The Morgan fingerprint density at radius 3 is 2.17 bits per heavy atom. The van der Waals surface area contributed by atoms with E-state index in [1.165, 1.54) is 20.9 Å². The standard InChI is InChI=1S/C12H12S.C3H7NO/c1-9-3-6-11(7-4-9)12-8-5-10(2)13-12;1-2-4-3-5/h3-8H,1-2H3;3H,2H2,1H3,(H,4,5). The molecule has 0 aliphatic carbocycles. The van der Waals surface area contributed by atoms with Crippen LogP contribution in [0.2, 0.25) is 0 Å². The summed E-state index contributed by atoms with van der Waals surface area (Å²) in [7, 11) is 0. The van der Waals surface area contributed by atoms with Crippen molar-refractivity contribution in [3.8, 4) is 10.4 Å². The molecule has 18 heavy (non-hydrogen) atoms. The quantitative estimate of drug-likeness (QED) is 0.837. The monoisotopic (exact) mass is 261 g/mol. The average Bonchev–Trinajstić information content (AvgIpc) is 2.79. The number of amides is 1. The Morgan fingerprint density at radius 1 is 1.11 bits per heavy atom. The molecule has 0 aliphatic heterocycles. The van der Waals surface area contributed by atoms with Crippen LogP contribution in [0, 0.1) is 13.8 Å². The van der Waals surface area contributed by atoms with Gasteiger partial charge in [-0.25, -0.2) is 0 Å². The topological polar surface area (TPSA) is 29.1 Å². The van der Waals surface area contributed by atoms with Crippen molar-refractivity contribution in [2.75, 3.05) is 6.54 Å². The molecule has 2 nitrogen and oxygen atoms in total. The molecule has 0 spiro atoms.